The van der Waals surface area contributed by atoms with Crippen molar-refractivity contribution in [1.29, 1.82) is 0 Å². The van der Waals surface area contributed by atoms with Gasteiger partial charge < -0.3 is 24.8 Å². The number of anilines is 1. The molecule has 0 bridgehead atoms. The highest BCUT2D eigenvalue weighted by Crippen LogP contribution is 2.27. The van der Waals surface area contributed by atoms with Crippen molar-refractivity contribution in [3.63, 3.8) is 0 Å². The van der Waals surface area contributed by atoms with E-state index in [0.29, 0.717) is 34.4 Å². The van der Waals surface area contributed by atoms with Crippen LogP contribution < -0.4 is 25.5 Å². The smallest absolute Gasteiger partial charge is 0.329 e. The van der Waals surface area contributed by atoms with Gasteiger partial charge in [0.2, 0.25) is 0 Å². The Labute approximate surface area is 189 Å². The lowest BCUT2D eigenvalue weighted by Gasteiger charge is -2.11. The standard InChI is InChI=1S/C21H23ClN4O6/c1-30-10-9-23-20(28)21(29)26-24-12-14-3-8-17(18(11-14)31-2)32-13-19(27)25-16-6-4-15(22)5-7-16/h3-8,11-12H,9-10,13H2,1-2H3,(H,23,28)(H,25,27)(H,26,29)/b24-12-. The number of rotatable bonds is 10. The molecule has 2 rings (SSSR count). The van der Waals surface area contributed by atoms with Crippen molar-refractivity contribution in [3.8, 4) is 11.5 Å². The molecule has 3 N–H and O–H groups in total. The average molecular weight is 463 g/mol. The number of nitrogens with one attached hydrogen (secondary N) is 3. The molecule has 0 heterocycles. The predicted octanol–water partition coefficient (Wildman–Crippen LogP) is 1.58. The van der Waals surface area contributed by atoms with Crippen LogP contribution >= 0.6 is 11.6 Å². The second-order valence-corrected chi connectivity index (χ2v) is 6.64. The summed E-state index contributed by atoms with van der Waals surface area (Å²) in [5, 5.41) is 9.36. The summed E-state index contributed by atoms with van der Waals surface area (Å²) in [7, 11) is 2.93. The average Bonchev–Trinajstić information content (AvgIpc) is 2.79. The molecule has 3 amide bonds. The molecule has 0 radical (unpaired) electrons. The first-order valence-corrected chi connectivity index (χ1v) is 9.77. The van der Waals surface area contributed by atoms with Gasteiger partial charge in [0.25, 0.3) is 5.91 Å². The van der Waals surface area contributed by atoms with E-state index in [1.54, 1.807) is 42.5 Å². The largest absolute Gasteiger partial charge is 0.493 e. The molecule has 0 aliphatic heterocycles. The zero-order valence-corrected chi connectivity index (χ0v) is 18.3. The number of nitrogens with zero attached hydrogens (tertiary/aromatic N) is 1. The SMILES string of the molecule is COCCNC(=O)C(=O)N/N=C\c1ccc(OCC(=O)Nc2ccc(Cl)cc2)c(OC)c1. The van der Waals surface area contributed by atoms with Gasteiger partial charge in [0.1, 0.15) is 0 Å². The lowest BCUT2D eigenvalue weighted by Crippen LogP contribution is -2.39. The van der Waals surface area contributed by atoms with Crippen LogP contribution in [0.2, 0.25) is 5.02 Å². The molecule has 2 aromatic rings. The molecule has 0 aromatic heterocycles. The van der Waals surface area contributed by atoms with E-state index in [1.807, 2.05) is 0 Å². The number of carbonyl (C=O) groups excluding carboxylic acids is 3. The van der Waals surface area contributed by atoms with Gasteiger partial charge in [0.15, 0.2) is 18.1 Å². The van der Waals surface area contributed by atoms with Crippen molar-refractivity contribution < 1.29 is 28.6 Å². The number of amides is 3. The summed E-state index contributed by atoms with van der Waals surface area (Å²) < 4.78 is 15.6. The Bertz CT molecular complexity index is 965. The highest BCUT2D eigenvalue weighted by molar-refractivity contribution is 6.35. The lowest BCUT2D eigenvalue weighted by molar-refractivity contribution is -0.139. The summed E-state index contributed by atoms with van der Waals surface area (Å²) in [6.07, 6.45) is 1.33. The normalized spacial score (nSPS) is 10.5. The van der Waals surface area contributed by atoms with Crippen LogP contribution in [-0.4, -0.2) is 57.9 Å². The molecule has 0 spiro atoms. The summed E-state index contributed by atoms with van der Waals surface area (Å²) >= 11 is 5.82. The maximum absolute atomic E-state index is 12.1. The molecule has 32 heavy (non-hydrogen) atoms. The van der Waals surface area contributed by atoms with Crippen LogP contribution in [-0.2, 0) is 19.1 Å². The van der Waals surface area contributed by atoms with Crippen LogP contribution in [0.4, 0.5) is 5.69 Å². The highest BCUT2D eigenvalue weighted by Gasteiger charge is 2.12. The first kappa shape index (κ1) is 24.6. The second kappa shape index (κ2) is 12.9. The minimum atomic E-state index is -0.907. The number of hydrogen-bond donors (Lipinski definition) is 3. The van der Waals surface area contributed by atoms with E-state index in [0.717, 1.165) is 0 Å². The van der Waals surface area contributed by atoms with E-state index in [4.69, 9.17) is 25.8 Å². The molecular formula is C21H23ClN4O6. The molecular weight excluding hydrogens is 440 g/mol. The van der Waals surface area contributed by atoms with E-state index in [1.165, 1.54) is 20.4 Å². The number of hydrazone groups is 1. The first-order valence-electron chi connectivity index (χ1n) is 9.39. The van der Waals surface area contributed by atoms with Crippen molar-refractivity contribution in [2.24, 2.45) is 5.10 Å². The lowest BCUT2D eigenvalue weighted by atomic mass is 10.2. The predicted molar refractivity (Wildman–Crippen MR) is 119 cm³/mol. The van der Waals surface area contributed by atoms with Crippen molar-refractivity contribution in [1.82, 2.24) is 10.7 Å². The van der Waals surface area contributed by atoms with Gasteiger partial charge in [-0.2, -0.15) is 5.10 Å². The third-order valence-electron chi connectivity index (χ3n) is 3.85. The molecule has 0 unspecified atom stereocenters. The van der Waals surface area contributed by atoms with Crippen LogP contribution in [0, 0.1) is 0 Å². The van der Waals surface area contributed by atoms with E-state index in [9.17, 15) is 14.4 Å². The van der Waals surface area contributed by atoms with Crippen LogP contribution in [0.3, 0.4) is 0 Å². The maximum Gasteiger partial charge on any atom is 0.329 e. The third-order valence-corrected chi connectivity index (χ3v) is 4.10. The fraction of sp³-hybridized carbons (Fsp3) is 0.238. The Morgan fingerprint density at radius 1 is 1.03 bits per heavy atom. The molecule has 0 saturated heterocycles. The highest BCUT2D eigenvalue weighted by atomic mass is 35.5. The number of ether oxygens (including phenoxy) is 3. The van der Waals surface area contributed by atoms with Crippen LogP contribution in [0.15, 0.2) is 47.6 Å². The Balaban J connectivity index is 1.87. The fourth-order valence-corrected chi connectivity index (χ4v) is 2.45. The zero-order chi connectivity index (χ0) is 23.3. The molecule has 2 aromatic carbocycles. The minimum Gasteiger partial charge on any atom is -0.493 e. The minimum absolute atomic E-state index is 0.211. The van der Waals surface area contributed by atoms with Crippen molar-refractivity contribution >= 4 is 41.2 Å². The van der Waals surface area contributed by atoms with E-state index < -0.39 is 11.8 Å². The number of methoxy groups -OCH3 is 2. The Morgan fingerprint density at radius 3 is 2.47 bits per heavy atom. The van der Waals surface area contributed by atoms with Crippen LogP contribution in [0.5, 0.6) is 11.5 Å². The molecule has 0 aliphatic rings. The molecule has 10 nitrogen and oxygen atoms in total. The second-order valence-electron chi connectivity index (χ2n) is 6.20. The van der Waals surface area contributed by atoms with E-state index in [-0.39, 0.29) is 19.1 Å². The Hall–Kier alpha value is -3.63. The third kappa shape index (κ3) is 8.25. The summed E-state index contributed by atoms with van der Waals surface area (Å²) in [5.41, 5.74) is 3.28. The monoisotopic (exact) mass is 462 g/mol. The van der Waals surface area contributed by atoms with Crippen LogP contribution in [0.25, 0.3) is 0 Å². The molecule has 170 valence electrons. The fourth-order valence-electron chi connectivity index (χ4n) is 2.32. The Kier molecular flexibility index (Phi) is 9.95. The van der Waals surface area contributed by atoms with Crippen LogP contribution in [0.1, 0.15) is 5.56 Å². The number of carbonyl (C=O) groups is 3. The van der Waals surface area contributed by atoms with E-state index in [2.05, 4.69) is 21.2 Å². The van der Waals surface area contributed by atoms with Gasteiger partial charge in [-0.15, -0.1) is 0 Å². The van der Waals surface area contributed by atoms with Gasteiger partial charge in [-0.3, -0.25) is 14.4 Å². The van der Waals surface area contributed by atoms with Gasteiger partial charge in [-0.1, -0.05) is 11.6 Å². The quantitative estimate of drug-likeness (QED) is 0.213. The molecule has 0 aliphatic carbocycles. The number of benzene rings is 2. The summed E-state index contributed by atoms with van der Waals surface area (Å²) in [5.74, 6) is -1.38. The Morgan fingerprint density at radius 2 is 1.78 bits per heavy atom. The molecule has 0 fully saturated rings. The van der Waals surface area contributed by atoms with Gasteiger partial charge in [0.05, 0.1) is 19.9 Å². The van der Waals surface area contributed by atoms with Gasteiger partial charge in [0, 0.05) is 24.4 Å². The molecule has 0 atom stereocenters. The van der Waals surface area contributed by atoms with Crippen molar-refractivity contribution in [3.05, 3.63) is 53.1 Å². The van der Waals surface area contributed by atoms with Crippen molar-refractivity contribution in [2.45, 2.75) is 0 Å². The zero-order valence-electron chi connectivity index (χ0n) is 17.5. The topological polar surface area (TPSA) is 127 Å². The van der Waals surface area contributed by atoms with E-state index >= 15 is 0 Å². The molecule has 0 saturated carbocycles. The van der Waals surface area contributed by atoms with Gasteiger partial charge >= 0.3 is 11.8 Å². The summed E-state index contributed by atoms with van der Waals surface area (Å²) in [4.78, 5) is 35.2. The maximum atomic E-state index is 12.1. The number of hydrogen-bond acceptors (Lipinski definition) is 7. The molecule has 11 heteroatoms. The summed E-state index contributed by atoms with van der Waals surface area (Å²) in [6, 6.07) is 11.5. The van der Waals surface area contributed by atoms with Crippen molar-refractivity contribution in [2.75, 3.05) is 39.3 Å². The summed E-state index contributed by atoms with van der Waals surface area (Å²) in [6.45, 7) is 0.267. The van der Waals surface area contributed by atoms with Gasteiger partial charge in [-0.05, 0) is 48.0 Å². The number of halogens is 1. The first-order chi connectivity index (χ1) is 15.4. The van der Waals surface area contributed by atoms with Gasteiger partial charge in [-0.25, -0.2) is 5.43 Å².